The molecule has 17 nitrogen and oxygen atoms in total. The van der Waals surface area contributed by atoms with Gasteiger partial charge in [-0.2, -0.15) is 0 Å². The van der Waals surface area contributed by atoms with Crippen LogP contribution in [0.15, 0.2) is 42.5 Å². The molecule has 2 heterocycles. The van der Waals surface area contributed by atoms with E-state index < -0.39 is 23.5 Å². The predicted molar refractivity (Wildman–Crippen MR) is 260 cm³/mol. The van der Waals surface area contributed by atoms with E-state index in [0.29, 0.717) is 19.4 Å². The van der Waals surface area contributed by atoms with Gasteiger partial charge in [-0.3, -0.25) is 38.5 Å². The third-order valence-corrected chi connectivity index (χ3v) is 12.2. The van der Waals surface area contributed by atoms with Gasteiger partial charge in [-0.05, 0) is 66.0 Å². The monoisotopic (exact) mass is 945 g/mol. The minimum Gasteiger partial charge on any atom is -0.480 e. The predicted octanol–water partition coefficient (Wildman–Crippen LogP) is 5.04. The van der Waals surface area contributed by atoms with Crippen molar-refractivity contribution in [3.05, 3.63) is 48.0 Å². The van der Waals surface area contributed by atoms with Crippen molar-refractivity contribution in [1.29, 1.82) is 0 Å². The van der Waals surface area contributed by atoms with Crippen molar-refractivity contribution < 1.29 is 52.9 Å². The molecule has 0 aromatic heterocycles. The van der Waals surface area contributed by atoms with E-state index in [2.05, 4.69) is 48.4 Å². The van der Waals surface area contributed by atoms with Crippen LogP contribution in [-0.2, 0) is 47.8 Å². The highest BCUT2D eigenvalue weighted by molar-refractivity contribution is 6.12. The summed E-state index contributed by atoms with van der Waals surface area (Å²) in [7, 11) is 8.33. The molecule has 0 aliphatic carbocycles. The van der Waals surface area contributed by atoms with Gasteiger partial charge in [0.15, 0.2) is 0 Å². The first-order valence-electron chi connectivity index (χ1n) is 23.7. The molecule has 17 heteroatoms. The van der Waals surface area contributed by atoms with E-state index in [-0.39, 0.29) is 85.5 Å². The molecule has 3 rings (SSSR count). The van der Waals surface area contributed by atoms with Gasteiger partial charge in [-0.15, -0.1) is 0 Å². The molecule has 380 valence electrons. The second-order valence-electron chi connectivity index (χ2n) is 17.7. The first-order chi connectivity index (χ1) is 31.6. The number of likely N-dealkylation sites (N-methyl/N-ethyl adjacent to an activating group) is 3. The lowest BCUT2D eigenvalue weighted by molar-refractivity contribution is -0.145. The van der Waals surface area contributed by atoms with Crippen LogP contribution in [0.1, 0.15) is 118 Å². The van der Waals surface area contributed by atoms with Crippen LogP contribution in [0, 0.1) is 18.8 Å². The second-order valence-corrected chi connectivity index (χ2v) is 17.7. The summed E-state index contributed by atoms with van der Waals surface area (Å²) in [5, 5.41) is 13.6. The van der Waals surface area contributed by atoms with Crippen LogP contribution < -0.4 is 10.6 Å². The highest BCUT2D eigenvalue weighted by atomic mass is 16.5. The highest BCUT2D eigenvalue weighted by Gasteiger charge is 2.38. The van der Waals surface area contributed by atoms with E-state index in [9.17, 15) is 38.4 Å². The maximum absolute atomic E-state index is 13.0. The average Bonchev–Trinajstić information content (AvgIpc) is 3.87. The Morgan fingerprint density at radius 2 is 1.48 bits per heavy atom. The summed E-state index contributed by atoms with van der Waals surface area (Å²) < 4.78 is 10.9. The Hall–Kier alpha value is -5.00. The molecule has 1 saturated heterocycles. The molecule has 2 aliphatic rings. The van der Waals surface area contributed by atoms with Crippen LogP contribution >= 0.6 is 0 Å². The number of hydrogen-bond acceptors (Lipinski definition) is 11. The highest BCUT2D eigenvalue weighted by Crippen LogP contribution is 2.25. The quantitative estimate of drug-likeness (QED) is 0.0708. The number of rotatable bonds is 24. The van der Waals surface area contributed by atoms with Crippen LogP contribution in [0.3, 0.4) is 0 Å². The Bertz CT molecular complexity index is 1690. The number of aliphatic carboxylic acids is 1. The van der Waals surface area contributed by atoms with E-state index in [0.717, 1.165) is 44.9 Å². The fraction of sp³-hybridized carbons (Fsp3) is 0.680. The molecule has 6 amide bonds. The van der Waals surface area contributed by atoms with E-state index in [1.165, 1.54) is 45.9 Å². The summed E-state index contributed by atoms with van der Waals surface area (Å²) in [4.78, 5) is 101. The van der Waals surface area contributed by atoms with E-state index >= 15 is 0 Å². The second kappa shape index (κ2) is 33.5. The minimum absolute atomic E-state index is 0.0713. The minimum atomic E-state index is -1.18. The molecular formula is C50H84N6O11. The third-order valence-electron chi connectivity index (χ3n) is 12.2. The molecule has 0 spiro atoms. The number of amides is 6. The molecule has 1 fully saturated rings. The lowest BCUT2D eigenvalue weighted by atomic mass is 9.91. The number of benzene rings is 1. The molecule has 0 saturated carbocycles. The number of nitrogens with one attached hydrogen (secondary N) is 2. The number of nitrogens with zero attached hydrogens (tertiary/aromatic N) is 4. The molecule has 6 atom stereocenters. The van der Waals surface area contributed by atoms with Gasteiger partial charge < -0.3 is 44.7 Å². The number of ether oxygens (including phenoxy) is 2. The molecule has 2 aliphatic heterocycles. The van der Waals surface area contributed by atoms with E-state index in [4.69, 9.17) is 14.6 Å². The number of hydrogen-bond donors (Lipinski definition) is 3. The van der Waals surface area contributed by atoms with E-state index in [1.54, 1.807) is 42.0 Å². The zero-order chi connectivity index (χ0) is 51.3. The molecule has 3 N–H and O–H groups in total. The van der Waals surface area contributed by atoms with Crippen molar-refractivity contribution in [3.63, 3.8) is 0 Å². The van der Waals surface area contributed by atoms with Crippen molar-refractivity contribution in [2.24, 2.45) is 11.8 Å². The molecule has 1 aromatic rings. The number of carbonyl (C=O) groups is 8. The van der Waals surface area contributed by atoms with Crippen molar-refractivity contribution >= 4 is 47.7 Å². The molecule has 67 heavy (non-hydrogen) atoms. The molecule has 0 bridgehead atoms. The van der Waals surface area contributed by atoms with Crippen LogP contribution in [0.25, 0.3) is 0 Å². The van der Waals surface area contributed by atoms with Gasteiger partial charge in [0.25, 0.3) is 11.8 Å². The molecule has 1 aromatic carbocycles. The zero-order valence-corrected chi connectivity index (χ0v) is 42.8. The van der Waals surface area contributed by atoms with Crippen LogP contribution in [0.2, 0.25) is 0 Å². The van der Waals surface area contributed by atoms with Gasteiger partial charge in [0.2, 0.25) is 23.6 Å². The van der Waals surface area contributed by atoms with Crippen LogP contribution in [0.5, 0.6) is 0 Å². The first kappa shape index (κ1) is 62.0. The van der Waals surface area contributed by atoms with Crippen LogP contribution in [-0.4, -0.2) is 164 Å². The lowest BCUT2D eigenvalue weighted by Crippen LogP contribution is -2.57. The van der Waals surface area contributed by atoms with Gasteiger partial charge >= 0.3 is 5.97 Å². The van der Waals surface area contributed by atoms with Crippen molar-refractivity contribution in [2.75, 3.05) is 61.5 Å². The summed E-state index contributed by atoms with van der Waals surface area (Å²) >= 11 is 0. The number of aldehydes is 1. The summed E-state index contributed by atoms with van der Waals surface area (Å²) in [6.07, 6.45) is 9.99. The number of unbranched alkanes of at least 4 members (excludes halogenated alkanes) is 3. The molecule has 0 radical (unpaired) electrons. The Morgan fingerprint density at radius 1 is 0.896 bits per heavy atom. The SMILES string of the molecule is CCC.CCC(C)C(C(CC=O)OC)N(C)C(=O)CNC(=O)C(C)(C)N(C)C(=O)CCCCCCN1C(=O)C=CC1=O.COC(C(C)C(=O)NCC(=O)O)C1CCCN1C.Cc1ccccc1. The number of carbonyl (C=O) groups excluding carboxylic acids is 7. The van der Waals surface area contributed by atoms with Crippen molar-refractivity contribution in [1.82, 2.24) is 30.2 Å². The zero-order valence-electron chi connectivity index (χ0n) is 42.8. The third kappa shape index (κ3) is 22.1. The number of methoxy groups -OCH3 is 2. The van der Waals surface area contributed by atoms with Gasteiger partial charge in [0.1, 0.15) is 18.4 Å². The number of aryl methyl sites for hydroxylation is 1. The maximum atomic E-state index is 13.0. The summed E-state index contributed by atoms with van der Waals surface area (Å²) in [6.45, 7) is 16.1. The van der Waals surface area contributed by atoms with Crippen molar-refractivity contribution in [2.45, 2.75) is 149 Å². The van der Waals surface area contributed by atoms with Gasteiger partial charge in [-0.1, -0.05) is 96.2 Å². The Morgan fingerprint density at radius 3 is 1.94 bits per heavy atom. The molecular weight excluding hydrogens is 861 g/mol. The van der Waals surface area contributed by atoms with Gasteiger partial charge in [-0.25, -0.2) is 0 Å². The van der Waals surface area contributed by atoms with Gasteiger partial charge in [0.05, 0.1) is 30.7 Å². The average molecular weight is 945 g/mol. The fourth-order valence-electron chi connectivity index (χ4n) is 7.61. The number of carboxylic acid groups (broad SMARTS) is 1. The maximum Gasteiger partial charge on any atom is 0.322 e. The summed E-state index contributed by atoms with van der Waals surface area (Å²) in [5.74, 6) is -3.16. The van der Waals surface area contributed by atoms with Crippen molar-refractivity contribution in [3.8, 4) is 0 Å². The Balaban J connectivity index is 0.00000126. The van der Waals surface area contributed by atoms with Gasteiger partial charge in [0, 0.05) is 65.9 Å². The van der Waals surface area contributed by atoms with E-state index in [1.807, 2.05) is 39.1 Å². The largest absolute Gasteiger partial charge is 0.480 e. The summed E-state index contributed by atoms with van der Waals surface area (Å²) in [6, 6.07) is 10.2. The topological polar surface area (TPSA) is 212 Å². The number of carboxylic acids is 1. The van der Waals surface area contributed by atoms with Crippen LogP contribution in [0.4, 0.5) is 0 Å². The normalized spacial score (nSPS) is 16.6. The lowest BCUT2D eigenvalue weighted by Gasteiger charge is -2.38. The Labute approximate surface area is 400 Å². The summed E-state index contributed by atoms with van der Waals surface area (Å²) in [5.41, 5.74) is 0.143. The molecule has 6 unspecified atom stereocenters. The number of imide groups is 1. The number of likely N-dealkylation sites (tertiary alicyclic amines) is 1. The first-order valence-corrected chi connectivity index (χ1v) is 23.7. The fourth-order valence-corrected chi connectivity index (χ4v) is 7.61. The standard InChI is InChI=1S/C28H46N4O7.C12H22N2O4.C7H8.C3H8/c1-8-20(2)26(21(39-7)16-18-33)30(5)25(37)19-29-27(38)28(3,4)31(6)22(34)13-11-9-10-12-17-32-23(35)14-15-24(32)36;1-8(12(17)13-7-10(15)16)11(18-3)9-5-4-6-14(9)2;1-7-5-3-2-4-6-7;1-3-2/h14-15,18,20-21,26H,8-13,16-17,19H2,1-7H3,(H,29,38);8-9,11H,4-7H2,1-3H3,(H,13,17)(H,15,16);2-6H,1H3;3H2,1-2H3. The Kier molecular flexibility index (Phi) is 31.0. The smallest absolute Gasteiger partial charge is 0.322 e.